The highest BCUT2D eigenvalue weighted by molar-refractivity contribution is 5.58. The lowest BCUT2D eigenvalue weighted by Crippen LogP contribution is -2.09. The number of hydrogen-bond donors (Lipinski definition) is 2. The van der Waals surface area contributed by atoms with Crippen molar-refractivity contribution >= 4 is 17.5 Å². The average Bonchev–Trinajstić information content (AvgIpc) is 2.63. The summed E-state index contributed by atoms with van der Waals surface area (Å²) in [5.74, 6) is 1.98. The summed E-state index contributed by atoms with van der Waals surface area (Å²) in [6.45, 7) is 0.829. The van der Waals surface area contributed by atoms with Gasteiger partial charge in [-0.1, -0.05) is 17.7 Å². The summed E-state index contributed by atoms with van der Waals surface area (Å²) in [6.07, 6.45) is 10.1. The highest BCUT2D eigenvalue weighted by Crippen LogP contribution is 2.21. The summed E-state index contributed by atoms with van der Waals surface area (Å²) in [5, 5.41) is 14.5. The highest BCUT2D eigenvalue weighted by Gasteiger charge is 2.05. The molecule has 1 aliphatic carbocycles. The predicted molar refractivity (Wildman–Crippen MR) is 95.8 cm³/mol. The van der Waals surface area contributed by atoms with Gasteiger partial charge in [-0.2, -0.15) is 10.1 Å². The normalized spacial score (nSPS) is 14.0. The average molecular weight is 325 g/mol. The third-order valence-electron chi connectivity index (χ3n) is 4.02. The molecule has 1 aromatic carbocycles. The summed E-state index contributed by atoms with van der Waals surface area (Å²) >= 11 is 0. The molecule has 126 valence electrons. The van der Waals surface area contributed by atoms with Crippen molar-refractivity contribution in [2.45, 2.75) is 32.1 Å². The van der Waals surface area contributed by atoms with E-state index in [0.717, 1.165) is 24.4 Å². The van der Waals surface area contributed by atoms with Gasteiger partial charge in [0, 0.05) is 18.3 Å². The van der Waals surface area contributed by atoms with E-state index >= 15 is 0 Å². The van der Waals surface area contributed by atoms with Crippen molar-refractivity contribution in [3.63, 3.8) is 0 Å². The molecule has 3 rings (SSSR count). The van der Waals surface area contributed by atoms with E-state index in [4.69, 9.17) is 4.74 Å². The molecule has 6 heteroatoms. The fourth-order valence-electron chi connectivity index (χ4n) is 2.75. The van der Waals surface area contributed by atoms with Crippen LogP contribution in [0.25, 0.3) is 0 Å². The van der Waals surface area contributed by atoms with E-state index < -0.39 is 0 Å². The first kappa shape index (κ1) is 16.2. The van der Waals surface area contributed by atoms with Gasteiger partial charge >= 0.3 is 0 Å². The number of anilines is 3. The zero-order valence-corrected chi connectivity index (χ0v) is 14.0. The van der Waals surface area contributed by atoms with Gasteiger partial charge in [0.25, 0.3) is 0 Å². The molecule has 0 amide bonds. The van der Waals surface area contributed by atoms with Crippen LogP contribution in [0.3, 0.4) is 0 Å². The minimum atomic E-state index is 0.541. The molecule has 0 bridgehead atoms. The maximum atomic E-state index is 5.22. The second-order valence-electron chi connectivity index (χ2n) is 5.81. The molecule has 1 aliphatic rings. The van der Waals surface area contributed by atoms with Crippen LogP contribution in [0.15, 0.2) is 42.1 Å². The molecule has 0 saturated heterocycles. The van der Waals surface area contributed by atoms with E-state index in [1.54, 1.807) is 13.3 Å². The molecular formula is C18H23N5O. The largest absolute Gasteiger partial charge is 0.497 e. The molecule has 0 unspecified atom stereocenters. The molecule has 0 saturated carbocycles. The van der Waals surface area contributed by atoms with Gasteiger partial charge in [0.1, 0.15) is 5.75 Å². The van der Waals surface area contributed by atoms with Crippen LogP contribution in [0.5, 0.6) is 5.75 Å². The Balaban J connectivity index is 1.56. The van der Waals surface area contributed by atoms with E-state index in [1.165, 1.54) is 31.3 Å². The maximum absolute atomic E-state index is 5.22. The monoisotopic (exact) mass is 325 g/mol. The molecular weight excluding hydrogens is 302 g/mol. The lowest BCUT2D eigenvalue weighted by molar-refractivity contribution is 0.415. The molecule has 0 aliphatic heterocycles. The number of allylic oxidation sites excluding steroid dienone is 1. The molecule has 1 aromatic heterocycles. The second-order valence-corrected chi connectivity index (χ2v) is 5.81. The van der Waals surface area contributed by atoms with Gasteiger partial charge in [0.05, 0.1) is 13.3 Å². The number of rotatable bonds is 7. The number of hydrogen-bond acceptors (Lipinski definition) is 6. The molecule has 2 aromatic rings. The maximum Gasteiger partial charge on any atom is 0.244 e. The van der Waals surface area contributed by atoms with Crippen LogP contribution in [-0.4, -0.2) is 28.8 Å². The summed E-state index contributed by atoms with van der Waals surface area (Å²) < 4.78 is 5.22. The summed E-state index contributed by atoms with van der Waals surface area (Å²) in [7, 11) is 1.65. The third kappa shape index (κ3) is 4.68. The van der Waals surface area contributed by atoms with Crippen molar-refractivity contribution in [1.29, 1.82) is 0 Å². The van der Waals surface area contributed by atoms with Crippen molar-refractivity contribution in [1.82, 2.24) is 15.2 Å². The van der Waals surface area contributed by atoms with Crippen LogP contribution in [0, 0.1) is 0 Å². The fraction of sp³-hybridized carbons (Fsp3) is 0.389. The predicted octanol–water partition coefficient (Wildman–Crippen LogP) is 3.93. The van der Waals surface area contributed by atoms with Crippen molar-refractivity contribution in [2.75, 3.05) is 24.3 Å². The fourth-order valence-corrected chi connectivity index (χ4v) is 2.75. The highest BCUT2D eigenvalue weighted by atomic mass is 16.5. The lowest BCUT2D eigenvalue weighted by atomic mass is 9.97. The lowest BCUT2D eigenvalue weighted by Gasteiger charge is -2.13. The second kappa shape index (κ2) is 8.29. The molecule has 6 nitrogen and oxygen atoms in total. The Morgan fingerprint density at radius 3 is 3.04 bits per heavy atom. The van der Waals surface area contributed by atoms with Gasteiger partial charge < -0.3 is 15.4 Å². The number of nitrogens with one attached hydrogen (secondary N) is 2. The summed E-state index contributed by atoms with van der Waals surface area (Å²) in [4.78, 5) is 4.45. The van der Waals surface area contributed by atoms with E-state index in [9.17, 15) is 0 Å². The Morgan fingerprint density at radius 1 is 1.25 bits per heavy atom. The van der Waals surface area contributed by atoms with Gasteiger partial charge in [-0.05, 0) is 44.2 Å². The molecule has 0 fully saturated rings. The molecule has 0 radical (unpaired) electrons. The van der Waals surface area contributed by atoms with Crippen LogP contribution in [0.1, 0.15) is 32.1 Å². The number of aromatic nitrogens is 3. The van der Waals surface area contributed by atoms with Gasteiger partial charge in [-0.3, -0.25) is 0 Å². The smallest absolute Gasteiger partial charge is 0.244 e. The molecule has 0 atom stereocenters. The van der Waals surface area contributed by atoms with Crippen molar-refractivity contribution < 1.29 is 4.74 Å². The van der Waals surface area contributed by atoms with Gasteiger partial charge in [-0.25, -0.2) is 0 Å². The number of methoxy groups -OCH3 is 1. The first-order valence-electron chi connectivity index (χ1n) is 8.36. The Labute approximate surface area is 142 Å². The van der Waals surface area contributed by atoms with Crippen molar-refractivity contribution in [3.05, 3.63) is 42.1 Å². The van der Waals surface area contributed by atoms with Gasteiger partial charge in [0.15, 0.2) is 5.82 Å². The third-order valence-corrected chi connectivity index (χ3v) is 4.02. The molecule has 2 N–H and O–H groups in total. The topological polar surface area (TPSA) is 72.0 Å². The zero-order valence-electron chi connectivity index (χ0n) is 14.0. The Kier molecular flexibility index (Phi) is 5.61. The molecule has 1 heterocycles. The van der Waals surface area contributed by atoms with Gasteiger partial charge in [0.2, 0.25) is 5.95 Å². The van der Waals surface area contributed by atoms with Gasteiger partial charge in [-0.15, -0.1) is 5.10 Å². The Hall–Kier alpha value is -2.63. The Bertz CT molecular complexity index is 701. The van der Waals surface area contributed by atoms with E-state index in [0.29, 0.717) is 11.8 Å². The minimum Gasteiger partial charge on any atom is -0.497 e. The van der Waals surface area contributed by atoms with E-state index in [-0.39, 0.29) is 0 Å². The number of benzene rings is 1. The first-order chi connectivity index (χ1) is 11.8. The van der Waals surface area contributed by atoms with Crippen molar-refractivity contribution in [2.24, 2.45) is 0 Å². The van der Waals surface area contributed by atoms with Crippen LogP contribution in [0.4, 0.5) is 17.5 Å². The van der Waals surface area contributed by atoms with Crippen LogP contribution in [-0.2, 0) is 0 Å². The molecule has 24 heavy (non-hydrogen) atoms. The van der Waals surface area contributed by atoms with Crippen molar-refractivity contribution in [3.8, 4) is 5.75 Å². The van der Waals surface area contributed by atoms with Crippen LogP contribution < -0.4 is 15.4 Å². The first-order valence-corrected chi connectivity index (χ1v) is 8.36. The summed E-state index contributed by atoms with van der Waals surface area (Å²) in [6, 6.07) is 7.68. The quantitative estimate of drug-likeness (QED) is 0.752. The standard InChI is InChI=1S/C18H23N5O/c1-24-16-9-5-8-15(12-16)21-17-13-20-23-18(22-17)19-11-10-14-6-3-2-4-7-14/h5-6,8-9,12-13H,2-4,7,10-11H2,1H3,(H2,19,21,22,23). The Morgan fingerprint density at radius 2 is 2.21 bits per heavy atom. The number of ether oxygens (including phenoxy) is 1. The van der Waals surface area contributed by atoms with Crippen LogP contribution in [0.2, 0.25) is 0 Å². The minimum absolute atomic E-state index is 0.541. The van der Waals surface area contributed by atoms with E-state index in [1.807, 2.05) is 24.3 Å². The van der Waals surface area contributed by atoms with Crippen LogP contribution >= 0.6 is 0 Å². The van der Waals surface area contributed by atoms with E-state index in [2.05, 4.69) is 31.9 Å². The summed E-state index contributed by atoms with van der Waals surface area (Å²) in [5.41, 5.74) is 2.43. The SMILES string of the molecule is COc1cccc(Nc2cnnc(NCCC3=CCCCC3)n2)c1. The molecule has 0 spiro atoms. The number of nitrogens with zero attached hydrogens (tertiary/aromatic N) is 3. The zero-order chi connectivity index (χ0) is 16.6.